The Hall–Kier alpha value is -4.00. The minimum atomic E-state index is -0.318. The first kappa shape index (κ1) is 19.0. The van der Waals surface area contributed by atoms with Gasteiger partial charge < -0.3 is 9.47 Å². The third-order valence-electron chi connectivity index (χ3n) is 5.19. The largest absolute Gasteiger partial charge is 0.497 e. The van der Waals surface area contributed by atoms with Crippen molar-refractivity contribution in [3.8, 4) is 22.8 Å². The molecule has 5 rings (SSSR count). The van der Waals surface area contributed by atoms with Crippen molar-refractivity contribution >= 4 is 16.6 Å². The van der Waals surface area contributed by atoms with Crippen LogP contribution in [0.4, 0.5) is 0 Å². The third kappa shape index (κ3) is 3.54. The molecule has 0 aliphatic rings. The fourth-order valence-electron chi connectivity index (χ4n) is 3.57. The molecule has 0 amide bonds. The van der Waals surface area contributed by atoms with Crippen LogP contribution in [0.15, 0.2) is 72.9 Å². The Morgan fingerprint density at radius 1 is 0.968 bits per heavy atom. The summed E-state index contributed by atoms with van der Waals surface area (Å²) in [6, 6.07) is 21.5. The van der Waals surface area contributed by atoms with Crippen LogP contribution in [0.2, 0.25) is 0 Å². The SMILES string of the molecule is CC[C@@H](Oc1ccnc2cc(OC)ccc12)c1nnc2ccc(-c3ccccc3)nn12. The highest BCUT2D eigenvalue weighted by Crippen LogP contribution is 2.31. The highest BCUT2D eigenvalue weighted by atomic mass is 16.5. The molecule has 0 saturated heterocycles. The van der Waals surface area contributed by atoms with Crippen LogP contribution in [0.1, 0.15) is 25.3 Å². The van der Waals surface area contributed by atoms with Gasteiger partial charge in [0.15, 0.2) is 17.6 Å². The number of hydrogen-bond acceptors (Lipinski definition) is 6. The molecule has 0 fully saturated rings. The van der Waals surface area contributed by atoms with Crippen molar-refractivity contribution < 1.29 is 9.47 Å². The van der Waals surface area contributed by atoms with E-state index < -0.39 is 0 Å². The standard InChI is InChI=1S/C24H21N5O2/c1-3-21(31-22-13-14-25-20-15-17(30-2)9-10-18(20)22)24-27-26-23-12-11-19(28-29(23)24)16-7-5-4-6-8-16/h4-15,21H,3H2,1-2H3/t21-/m1/s1. The molecule has 7 nitrogen and oxygen atoms in total. The number of pyridine rings is 1. The summed E-state index contributed by atoms with van der Waals surface area (Å²) in [6.45, 7) is 2.05. The topological polar surface area (TPSA) is 74.4 Å². The molecule has 2 aromatic carbocycles. The summed E-state index contributed by atoms with van der Waals surface area (Å²) in [6.07, 6.45) is 2.12. The van der Waals surface area contributed by atoms with Crippen LogP contribution in [0.25, 0.3) is 27.8 Å². The summed E-state index contributed by atoms with van der Waals surface area (Å²) in [5, 5.41) is 14.4. The van der Waals surface area contributed by atoms with E-state index in [-0.39, 0.29) is 6.10 Å². The first-order valence-electron chi connectivity index (χ1n) is 10.1. The van der Waals surface area contributed by atoms with Gasteiger partial charge in [0.05, 0.1) is 18.3 Å². The van der Waals surface area contributed by atoms with E-state index in [2.05, 4.69) is 22.1 Å². The number of aromatic nitrogens is 5. The highest BCUT2D eigenvalue weighted by molar-refractivity contribution is 5.86. The average Bonchev–Trinajstić information content (AvgIpc) is 3.26. The second-order valence-electron chi connectivity index (χ2n) is 7.12. The molecule has 3 heterocycles. The van der Waals surface area contributed by atoms with E-state index >= 15 is 0 Å². The number of benzene rings is 2. The molecule has 0 spiro atoms. The summed E-state index contributed by atoms with van der Waals surface area (Å²) >= 11 is 0. The van der Waals surface area contributed by atoms with E-state index in [0.29, 0.717) is 17.9 Å². The van der Waals surface area contributed by atoms with Crippen LogP contribution in [-0.2, 0) is 0 Å². The smallest absolute Gasteiger partial charge is 0.195 e. The molecule has 1 atom stereocenters. The van der Waals surface area contributed by atoms with Gasteiger partial charge in [0.25, 0.3) is 0 Å². The maximum Gasteiger partial charge on any atom is 0.195 e. The predicted molar refractivity (Wildman–Crippen MR) is 118 cm³/mol. The normalized spacial score (nSPS) is 12.2. The van der Waals surface area contributed by atoms with Crippen LogP contribution >= 0.6 is 0 Å². The molecule has 0 N–H and O–H groups in total. The van der Waals surface area contributed by atoms with Gasteiger partial charge in [-0.15, -0.1) is 10.2 Å². The molecule has 0 unspecified atom stereocenters. The monoisotopic (exact) mass is 411 g/mol. The number of ether oxygens (including phenoxy) is 2. The van der Waals surface area contributed by atoms with Crippen molar-refractivity contribution in [1.82, 2.24) is 24.8 Å². The van der Waals surface area contributed by atoms with Crippen LogP contribution in [0, 0.1) is 0 Å². The Kier molecular flexibility index (Phi) is 4.92. The van der Waals surface area contributed by atoms with Gasteiger partial charge in [-0.1, -0.05) is 37.3 Å². The maximum absolute atomic E-state index is 6.40. The van der Waals surface area contributed by atoms with E-state index in [1.54, 1.807) is 17.8 Å². The lowest BCUT2D eigenvalue weighted by Gasteiger charge is -2.17. The molecule has 7 heteroatoms. The zero-order chi connectivity index (χ0) is 21.2. The summed E-state index contributed by atoms with van der Waals surface area (Å²) in [5.74, 6) is 2.15. The fourth-order valence-corrected chi connectivity index (χ4v) is 3.57. The second kappa shape index (κ2) is 8.02. The summed E-state index contributed by atoms with van der Waals surface area (Å²) < 4.78 is 13.5. The Labute approximate surface area is 179 Å². The molecule has 3 aromatic heterocycles. The first-order valence-corrected chi connectivity index (χ1v) is 10.1. The van der Waals surface area contributed by atoms with Crippen LogP contribution in [-0.4, -0.2) is 31.9 Å². The van der Waals surface area contributed by atoms with Crippen molar-refractivity contribution in [3.63, 3.8) is 0 Å². The quantitative estimate of drug-likeness (QED) is 0.396. The Balaban J connectivity index is 1.54. The Bertz CT molecular complexity index is 1350. The predicted octanol–water partition coefficient (Wildman–Crippen LogP) is 4.88. The average molecular weight is 411 g/mol. The van der Waals surface area contributed by atoms with Crippen molar-refractivity contribution in [2.45, 2.75) is 19.4 Å². The number of rotatable bonds is 6. The molecule has 31 heavy (non-hydrogen) atoms. The first-order chi connectivity index (χ1) is 15.3. The van der Waals surface area contributed by atoms with Crippen LogP contribution in [0.3, 0.4) is 0 Å². The van der Waals surface area contributed by atoms with Crippen molar-refractivity contribution in [2.24, 2.45) is 0 Å². The van der Waals surface area contributed by atoms with E-state index in [1.165, 1.54) is 0 Å². The summed E-state index contributed by atoms with van der Waals surface area (Å²) in [7, 11) is 1.64. The highest BCUT2D eigenvalue weighted by Gasteiger charge is 2.21. The Morgan fingerprint density at radius 3 is 2.65 bits per heavy atom. The molecule has 0 bridgehead atoms. The number of hydrogen-bond donors (Lipinski definition) is 0. The molecule has 0 aliphatic carbocycles. The molecular weight excluding hydrogens is 390 g/mol. The van der Waals surface area contributed by atoms with Gasteiger partial charge in [-0.2, -0.15) is 9.61 Å². The van der Waals surface area contributed by atoms with Gasteiger partial charge in [-0.05, 0) is 36.8 Å². The van der Waals surface area contributed by atoms with Crippen molar-refractivity contribution in [3.05, 3.63) is 78.8 Å². The van der Waals surface area contributed by atoms with E-state index in [0.717, 1.165) is 33.7 Å². The van der Waals surface area contributed by atoms with Crippen molar-refractivity contribution in [2.75, 3.05) is 7.11 Å². The molecule has 5 aromatic rings. The van der Waals surface area contributed by atoms with Gasteiger partial charge in [0.2, 0.25) is 0 Å². The van der Waals surface area contributed by atoms with E-state index in [4.69, 9.17) is 14.6 Å². The molecule has 0 radical (unpaired) electrons. The summed E-state index contributed by atoms with van der Waals surface area (Å²) in [4.78, 5) is 4.44. The van der Waals surface area contributed by atoms with Gasteiger partial charge in [0, 0.05) is 23.2 Å². The van der Waals surface area contributed by atoms with Crippen LogP contribution < -0.4 is 9.47 Å². The Morgan fingerprint density at radius 2 is 1.84 bits per heavy atom. The number of fused-ring (bicyclic) bond motifs is 2. The summed E-state index contributed by atoms with van der Waals surface area (Å²) in [5.41, 5.74) is 3.38. The zero-order valence-corrected chi connectivity index (χ0v) is 17.3. The minimum Gasteiger partial charge on any atom is -0.497 e. The van der Waals surface area contributed by atoms with Crippen LogP contribution in [0.5, 0.6) is 11.5 Å². The van der Waals surface area contributed by atoms with Gasteiger partial charge in [-0.25, -0.2) is 0 Å². The molecule has 154 valence electrons. The van der Waals surface area contributed by atoms with E-state index in [9.17, 15) is 0 Å². The second-order valence-corrected chi connectivity index (χ2v) is 7.12. The zero-order valence-electron chi connectivity index (χ0n) is 17.3. The maximum atomic E-state index is 6.40. The lowest BCUT2D eigenvalue weighted by atomic mass is 10.1. The minimum absolute atomic E-state index is 0.318. The van der Waals surface area contributed by atoms with Gasteiger partial charge >= 0.3 is 0 Å². The lowest BCUT2D eigenvalue weighted by molar-refractivity contribution is 0.191. The van der Waals surface area contributed by atoms with Gasteiger partial charge in [-0.3, -0.25) is 4.98 Å². The van der Waals surface area contributed by atoms with Crippen molar-refractivity contribution in [1.29, 1.82) is 0 Å². The fraction of sp³-hybridized carbons (Fsp3) is 0.167. The number of nitrogens with zero attached hydrogens (tertiary/aromatic N) is 5. The number of methoxy groups -OCH3 is 1. The van der Waals surface area contributed by atoms with Gasteiger partial charge in [0.1, 0.15) is 11.5 Å². The molecule has 0 saturated carbocycles. The molecular formula is C24H21N5O2. The lowest BCUT2D eigenvalue weighted by Crippen LogP contribution is -2.12. The third-order valence-corrected chi connectivity index (χ3v) is 5.19. The van der Waals surface area contributed by atoms with E-state index in [1.807, 2.05) is 66.7 Å². The molecule has 0 aliphatic heterocycles.